The maximum absolute atomic E-state index is 11.8. The lowest BCUT2D eigenvalue weighted by molar-refractivity contribution is -0.152. The first kappa shape index (κ1) is 34.1. The Morgan fingerprint density at radius 3 is 1.56 bits per heavy atom. The smallest absolute Gasteiger partial charge is 0.303 e. The third-order valence-corrected chi connectivity index (χ3v) is 6.96. The third-order valence-electron chi connectivity index (χ3n) is 6.96. The van der Waals surface area contributed by atoms with Crippen LogP contribution in [0.15, 0.2) is 42.5 Å². The molecule has 0 aromatic heterocycles. The van der Waals surface area contributed by atoms with Crippen molar-refractivity contribution in [3.8, 4) is 11.5 Å². The van der Waals surface area contributed by atoms with Crippen LogP contribution in [0.5, 0.6) is 11.5 Å². The number of ether oxygens (including phenoxy) is 6. The van der Waals surface area contributed by atoms with E-state index in [-0.39, 0.29) is 38.4 Å². The lowest BCUT2D eigenvalue weighted by Gasteiger charge is -2.23. The molecule has 0 aliphatic rings. The van der Waals surface area contributed by atoms with Crippen molar-refractivity contribution in [1.29, 1.82) is 0 Å². The van der Waals surface area contributed by atoms with E-state index in [0.717, 1.165) is 65.6 Å². The highest BCUT2D eigenvalue weighted by Gasteiger charge is 2.21. The van der Waals surface area contributed by atoms with Crippen molar-refractivity contribution >= 4 is 33.5 Å². The normalized spacial score (nSPS) is 12.7. The molecule has 0 spiro atoms. The van der Waals surface area contributed by atoms with Crippen molar-refractivity contribution in [3.63, 3.8) is 0 Å². The van der Waals surface area contributed by atoms with Gasteiger partial charge in [0.1, 0.15) is 24.7 Å². The van der Waals surface area contributed by atoms with Gasteiger partial charge in [-0.05, 0) is 25.8 Å². The predicted octanol–water partition coefficient (Wildman–Crippen LogP) is 7.34. The highest BCUT2D eigenvalue weighted by atomic mass is 16.6. The number of esters is 2. The molecule has 3 aromatic carbocycles. The maximum Gasteiger partial charge on any atom is 0.303 e. The largest absolute Gasteiger partial charge is 0.488 e. The first-order chi connectivity index (χ1) is 20.8. The zero-order chi connectivity index (χ0) is 31.0. The Kier molecular flexibility index (Phi) is 14.6. The van der Waals surface area contributed by atoms with Crippen LogP contribution in [0.3, 0.4) is 0 Å². The molecule has 0 N–H and O–H groups in total. The molecule has 2 unspecified atom stereocenters. The number of benzene rings is 3. The van der Waals surface area contributed by atoms with Gasteiger partial charge in [-0.2, -0.15) is 0 Å². The number of hydrogen-bond acceptors (Lipinski definition) is 8. The number of carbonyl (C=O) groups excluding carboxylic acids is 2. The van der Waals surface area contributed by atoms with Crippen LogP contribution in [0.4, 0.5) is 0 Å². The number of unbranched alkanes of at least 4 members (excludes halogenated alkanes) is 4. The number of hydrogen-bond donors (Lipinski definition) is 0. The van der Waals surface area contributed by atoms with Gasteiger partial charge in [-0.3, -0.25) is 9.59 Å². The molecule has 43 heavy (non-hydrogen) atoms. The first-order valence-electron chi connectivity index (χ1n) is 15.5. The molecule has 0 aliphatic carbocycles. The zero-order valence-corrected chi connectivity index (χ0v) is 26.4. The Hall–Kier alpha value is -3.36. The third kappa shape index (κ3) is 11.0. The molecule has 0 saturated carbocycles. The summed E-state index contributed by atoms with van der Waals surface area (Å²) in [6.45, 7) is 11.1. The van der Waals surface area contributed by atoms with E-state index in [9.17, 15) is 9.59 Å². The Bertz CT molecular complexity index is 1300. The Balaban J connectivity index is 1.88. The van der Waals surface area contributed by atoms with Crippen molar-refractivity contribution in [1.82, 2.24) is 0 Å². The van der Waals surface area contributed by atoms with E-state index in [1.807, 2.05) is 43.3 Å². The molecule has 0 aliphatic heterocycles. The lowest BCUT2D eigenvalue weighted by atomic mass is 9.99. The average molecular weight is 597 g/mol. The molecular formula is C35H48O8. The SMILES string of the molecule is CCCCCOCC(COc1c2ccccc2c(OCC(COCCCCC)OC(C)=O)c2cc(C)ccc12)OC(C)=O. The maximum atomic E-state index is 11.8. The molecule has 8 heteroatoms. The van der Waals surface area contributed by atoms with Gasteiger partial charge >= 0.3 is 11.9 Å². The van der Waals surface area contributed by atoms with Crippen molar-refractivity contribution < 1.29 is 38.0 Å². The minimum absolute atomic E-state index is 0.143. The molecule has 0 fully saturated rings. The standard InChI is InChI=1S/C35H48O8/c1-6-8-12-18-38-21-28(42-26(4)36)23-40-34-30-14-10-11-15-31(30)35(33-20-25(3)16-17-32(33)34)41-24-29(43-27(5)37)22-39-19-13-9-7-2/h10-11,14-17,20,28-29H,6-9,12-13,18-19,21-24H2,1-5H3. The molecular weight excluding hydrogens is 548 g/mol. The first-order valence-corrected chi connectivity index (χ1v) is 15.5. The van der Waals surface area contributed by atoms with Crippen LogP contribution < -0.4 is 9.47 Å². The van der Waals surface area contributed by atoms with Gasteiger partial charge in [-0.25, -0.2) is 0 Å². The number of fused-ring (bicyclic) bond motifs is 2. The van der Waals surface area contributed by atoms with Gasteiger partial charge in [0.2, 0.25) is 0 Å². The minimum atomic E-state index is -0.546. The fraction of sp³-hybridized carbons (Fsp3) is 0.543. The van der Waals surface area contributed by atoms with E-state index >= 15 is 0 Å². The summed E-state index contributed by atoms with van der Waals surface area (Å²) in [5.74, 6) is 0.603. The minimum Gasteiger partial charge on any atom is -0.488 e. The summed E-state index contributed by atoms with van der Waals surface area (Å²) in [6, 6.07) is 14.0. The van der Waals surface area contributed by atoms with Gasteiger partial charge in [0, 0.05) is 48.6 Å². The van der Waals surface area contributed by atoms with E-state index in [4.69, 9.17) is 28.4 Å². The van der Waals surface area contributed by atoms with Crippen LogP contribution in [0.1, 0.15) is 71.8 Å². The molecule has 3 rings (SSSR count). The highest BCUT2D eigenvalue weighted by Crippen LogP contribution is 2.43. The fourth-order valence-electron chi connectivity index (χ4n) is 4.92. The summed E-state index contributed by atoms with van der Waals surface area (Å²) in [7, 11) is 0. The second-order valence-corrected chi connectivity index (χ2v) is 10.9. The Labute approximate surface area is 255 Å². The van der Waals surface area contributed by atoms with Crippen LogP contribution in [0.2, 0.25) is 0 Å². The summed E-state index contributed by atoms with van der Waals surface area (Å²) in [4.78, 5) is 23.7. The number of rotatable bonds is 20. The van der Waals surface area contributed by atoms with Gasteiger partial charge in [0.15, 0.2) is 12.2 Å². The van der Waals surface area contributed by atoms with Crippen LogP contribution in [-0.4, -0.2) is 63.8 Å². The second-order valence-electron chi connectivity index (χ2n) is 10.9. The Morgan fingerprint density at radius 1 is 0.628 bits per heavy atom. The van der Waals surface area contributed by atoms with Crippen LogP contribution >= 0.6 is 0 Å². The number of aryl methyl sites for hydroxylation is 1. The van der Waals surface area contributed by atoms with Crippen molar-refractivity contribution in [3.05, 3.63) is 48.0 Å². The monoisotopic (exact) mass is 596 g/mol. The molecule has 0 amide bonds. The lowest BCUT2D eigenvalue weighted by Crippen LogP contribution is -2.29. The molecule has 3 aromatic rings. The molecule has 8 nitrogen and oxygen atoms in total. The molecule has 0 radical (unpaired) electrons. The Morgan fingerprint density at radius 2 is 1.09 bits per heavy atom. The number of carbonyl (C=O) groups is 2. The summed E-state index contributed by atoms with van der Waals surface area (Å²) in [5.41, 5.74) is 1.06. The molecule has 0 bridgehead atoms. The van der Waals surface area contributed by atoms with Gasteiger partial charge < -0.3 is 28.4 Å². The van der Waals surface area contributed by atoms with E-state index in [0.29, 0.717) is 24.7 Å². The van der Waals surface area contributed by atoms with E-state index < -0.39 is 12.2 Å². The van der Waals surface area contributed by atoms with Crippen LogP contribution in [-0.2, 0) is 28.5 Å². The molecule has 0 saturated heterocycles. The molecule has 236 valence electrons. The van der Waals surface area contributed by atoms with Gasteiger partial charge in [0.05, 0.1) is 13.2 Å². The van der Waals surface area contributed by atoms with Crippen molar-refractivity contribution in [2.24, 2.45) is 0 Å². The van der Waals surface area contributed by atoms with Crippen LogP contribution in [0, 0.1) is 6.92 Å². The quantitative estimate of drug-likeness (QED) is 0.0761. The summed E-state index contributed by atoms with van der Waals surface area (Å²) < 4.78 is 35.5. The van der Waals surface area contributed by atoms with E-state index in [2.05, 4.69) is 19.9 Å². The molecule has 0 heterocycles. The van der Waals surface area contributed by atoms with Crippen molar-refractivity contribution in [2.75, 3.05) is 39.6 Å². The molecule has 2 atom stereocenters. The van der Waals surface area contributed by atoms with E-state index in [1.54, 1.807) is 0 Å². The van der Waals surface area contributed by atoms with Gasteiger partial charge in [-0.15, -0.1) is 0 Å². The van der Waals surface area contributed by atoms with Crippen molar-refractivity contribution in [2.45, 2.75) is 85.4 Å². The predicted molar refractivity (Wildman–Crippen MR) is 169 cm³/mol. The topological polar surface area (TPSA) is 89.5 Å². The summed E-state index contributed by atoms with van der Waals surface area (Å²) in [6.07, 6.45) is 5.23. The summed E-state index contributed by atoms with van der Waals surface area (Å²) >= 11 is 0. The zero-order valence-electron chi connectivity index (χ0n) is 26.4. The average Bonchev–Trinajstić information content (AvgIpc) is 2.97. The van der Waals surface area contributed by atoms with Crippen LogP contribution in [0.25, 0.3) is 21.5 Å². The second kappa shape index (κ2) is 18.3. The summed E-state index contributed by atoms with van der Waals surface area (Å²) in [5, 5.41) is 3.46. The fourth-order valence-corrected chi connectivity index (χ4v) is 4.92. The van der Waals surface area contributed by atoms with E-state index in [1.165, 1.54) is 13.8 Å². The van der Waals surface area contributed by atoms with Gasteiger partial charge in [0.25, 0.3) is 0 Å². The highest BCUT2D eigenvalue weighted by molar-refractivity contribution is 6.11. The van der Waals surface area contributed by atoms with Gasteiger partial charge in [-0.1, -0.05) is 81.5 Å².